The first kappa shape index (κ1) is 82.9. The lowest BCUT2D eigenvalue weighted by molar-refractivity contribution is -0.131. The van der Waals surface area contributed by atoms with Crippen LogP contribution in [0.3, 0.4) is 0 Å². The summed E-state index contributed by atoms with van der Waals surface area (Å²) in [6.45, 7) is 47.6. The highest BCUT2D eigenvalue weighted by Crippen LogP contribution is 2.44. The quantitative estimate of drug-likeness (QED) is 0.0990. The lowest BCUT2D eigenvalue weighted by Crippen LogP contribution is -2.60. The van der Waals surface area contributed by atoms with E-state index in [2.05, 4.69) is 160 Å². The lowest BCUT2D eigenvalue weighted by Gasteiger charge is -2.48. The first-order chi connectivity index (χ1) is 55.7. The minimum Gasteiger partial charge on any atom is -0.365 e. The molecule has 3 amide bonds. The van der Waals surface area contributed by atoms with Crippen LogP contribution in [-0.2, 0) is 20.8 Å². The summed E-state index contributed by atoms with van der Waals surface area (Å²) in [6.07, 6.45) is 16.1. The number of aliphatic imine (C=N–C) groups is 2. The Balaban J connectivity index is 0.000000152. The lowest BCUT2D eigenvalue weighted by atomic mass is 9.93. The van der Waals surface area contributed by atoms with Crippen molar-refractivity contribution < 1.29 is 18.8 Å². The van der Waals surface area contributed by atoms with Gasteiger partial charge < -0.3 is 39.2 Å². The molecule has 0 spiro atoms. The van der Waals surface area contributed by atoms with Gasteiger partial charge in [-0.2, -0.15) is 4.98 Å². The number of rotatable bonds is 13. The molecule has 3 saturated heterocycles. The number of aryl methyl sites for hydroxylation is 3. The third kappa shape index (κ3) is 16.6. The van der Waals surface area contributed by atoms with Gasteiger partial charge in [0.1, 0.15) is 46.5 Å². The van der Waals surface area contributed by atoms with E-state index in [9.17, 15) is 23.6 Å². The molecule has 11 heterocycles. The number of fused-ring (bicyclic) bond motifs is 2. The Bertz CT molecular complexity index is 5310. The first-order valence-corrected chi connectivity index (χ1v) is 41.3. The zero-order valence-electron chi connectivity index (χ0n) is 68.6. The summed E-state index contributed by atoms with van der Waals surface area (Å²) in [5.41, 5.74) is 12.2. The Kier molecular flexibility index (Phi) is 25.4. The number of nitrogens with zero attached hydrogens (tertiary/aromatic N) is 17. The number of aromatic nitrogens is 6. The fraction of sp³-hybridized carbons (Fsp3) is 0.380. The molecule has 6 aliphatic heterocycles. The van der Waals surface area contributed by atoms with E-state index in [1.807, 2.05) is 88.6 Å². The van der Waals surface area contributed by atoms with Gasteiger partial charge in [0.2, 0.25) is 17.7 Å². The predicted molar refractivity (Wildman–Crippen MR) is 467 cm³/mol. The molecule has 604 valence electrons. The van der Waals surface area contributed by atoms with E-state index in [1.165, 1.54) is 58.9 Å². The third-order valence-corrected chi connectivity index (χ3v) is 23.9. The molecule has 5 aromatic heterocycles. The molecule has 0 bridgehead atoms. The van der Waals surface area contributed by atoms with Gasteiger partial charge in [0.05, 0.1) is 61.7 Å². The highest BCUT2D eigenvalue weighted by Gasteiger charge is 2.43. The summed E-state index contributed by atoms with van der Waals surface area (Å²) in [5.74, 6) is 3.83. The number of amides is 3. The van der Waals surface area contributed by atoms with Crippen molar-refractivity contribution in [3.8, 4) is 28.3 Å². The number of piperazine rings is 3. The van der Waals surface area contributed by atoms with Gasteiger partial charge in [-0.1, -0.05) is 157 Å². The summed E-state index contributed by atoms with van der Waals surface area (Å²) in [5, 5.41) is 1.40. The second-order valence-corrected chi connectivity index (χ2v) is 32.6. The number of hydrogen-bond acceptors (Lipinski definition) is 17. The number of anilines is 4. The third-order valence-electron chi connectivity index (χ3n) is 23.3. The SMILES string of the molecule is C=CC(=O)N1CC(C)N(C2=NC(=C)N(C3CCCCC3)c3nc(-c4ccccc4F)c(Cl)cc32)CC1C.C=CC(=O)N1CC(C)N(C2=NC(=C)N(c3ccccc3CCC)C3=C2CCN(c2ccccc2)C3)CC1C.C=CC(=O)N1CC(C)N(c2nc(=O)n(-c3c(C)ccnc3C(C)C)c3nc(-c4ncccc4C)c(Cl)cc23)CC1C. The molecule has 3 aromatic carbocycles. The molecule has 1 saturated carbocycles. The van der Waals surface area contributed by atoms with Crippen LogP contribution in [0.15, 0.2) is 210 Å². The van der Waals surface area contributed by atoms with Crippen molar-refractivity contribution >= 4 is 86.6 Å². The highest BCUT2D eigenvalue weighted by atomic mass is 35.5. The van der Waals surface area contributed by atoms with E-state index in [4.69, 9.17) is 43.2 Å². The number of hydrogen-bond donors (Lipinski definition) is 0. The maximum atomic E-state index is 14.8. The Labute approximate surface area is 691 Å². The standard InChI is InChI=1S/C32H39N5O.C31H34ClN7O2.C29H33ClFN5O/c1-6-13-26-14-11-12-17-29(26)37-25(5)33-32(36-21-23(3)35(20-24(36)4)31(38)7-2)28-18-19-34(22-30(28)37)27-15-9-8-10-16-27;1-8-24(40)37-15-21(7)38(16-20(37)6)29-22-14-23(32)27(26-18(4)10-9-12-33-26)35-30(22)39(31(41)36-29)28-19(5)11-13-34-25(28)17(2)3;1-5-26(37)34-16-19(3)35(17-18(34)2)28-23-15-24(30)27(22-13-9-10-14-25(22)31)33-29(23)36(20(4)32-28)21-11-7-6-8-12-21/h7-12,14-17,23-24H,2,5-6,13,18-22H2,1,3-4H3;8-14,17,20-21H,1,15-16H2,2-7H3;5,9-10,13-15,18-19,21H,1,4,6-8,11-12,16-17H2,2-3H3. The molecule has 15 rings (SSSR count). The van der Waals surface area contributed by atoms with Crippen LogP contribution < -0.4 is 25.3 Å². The molecule has 116 heavy (non-hydrogen) atoms. The monoisotopic (exact) mass is 1600 g/mol. The van der Waals surface area contributed by atoms with Crippen LogP contribution in [-0.4, -0.2) is 178 Å². The van der Waals surface area contributed by atoms with E-state index in [-0.39, 0.29) is 71.7 Å². The molecule has 7 aliphatic rings. The zero-order chi connectivity index (χ0) is 82.7. The van der Waals surface area contributed by atoms with Gasteiger partial charge in [0.15, 0.2) is 5.65 Å². The molecule has 21 nitrogen and oxygen atoms in total. The number of para-hydroxylation sites is 2. The van der Waals surface area contributed by atoms with E-state index >= 15 is 0 Å². The normalized spacial score (nSPS) is 20.5. The van der Waals surface area contributed by atoms with Crippen molar-refractivity contribution in [3.05, 3.63) is 250 Å². The second-order valence-electron chi connectivity index (χ2n) is 31.7. The molecular formula is C92H106Cl2FN17O4. The topological polar surface area (TPSA) is 192 Å². The molecule has 0 N–H and O–H groups in total. The highest BCUT2D eigenvalue weighted by molar-refractivity contribution is 6.34. The van der Waals surface area contributed by atoms with Gasteiger partial charge in [0, 0.05) is 117 Å². The van der Waals surface area contributed by atoms with Crippen LogP contribution >= 0.6 is 23.2 Å². The molecule has 1 aliphatic carbocycles. The predicted octanol–water partition coefficient (Wildman–Crippen LogP) is 16.9. The number of carbonyl (C=O) groups is 3. The summed E-state index contributed by atoms with van der Waals surface area (Å²) in [7, 11) is 0. The zero-order valence-corrected chi connectivity index (χ0v) is 70.1. The average molecular weight is 1600 g/mol. The van der Waals surface area contributed by atoms with Crippen LogP contribution in [0.4, 0.5) is 27.4 Å². The molecule has 4 fully saturated rings. The van der Waals surface area contributed by atoms with Gasteiger partial charge in [-0.05, 0) is 177 Å². The van der Waals surface area contributed by atoms with Crippen LogP contribution in [0.5, 0.6) is 0 Å². The smallest absolute Gasteiger partial charge is 0.355 e. The molecule has 8 aromatic rings. The number of benzene rings is 3. The number of amidine groups is 2. The molecule has 6 unspecified atom stereocenters. The Hall–Kier alpha value is -11.1. The largest absolute Gasteiger partial charge is 0.365 e. The molecular weight excluding hydrogens is 1500 g/mol. The van der Waals surface area contributed by atoms with Crippen molar-refractivity contribution in [3.63, 3.8) is 0 Å². The van der Waals surface area contributed by atoms with Gasteiger partial charge in [-0.15, -0.1) is 0 Å². The van der Waals surface area contributed by atoms with Crippen molar-refractivity contribution in [2.24, 2.45) is 9.98 Å². The summed E-state index contributed by atoms with van der Waals surface area (Å²) in [6, 6.07) is 35.4. The summed E-state index contributed by atoms with van der Waals surface area (Å²) >= 11 is 13.7. The van der Waals surface area contributed by atoms with E-state index in [0.29, 0.717) is 99.6 Å². The Morgan fingerprint density at radius 2 is 1.18 bits per heavy atom. The van der Waals surface area contributed by atoms with Crippen LogP contribution in [0.2, 0.25) is 10.0 Å². The molecule has 6 atom stereocenters. The van der Waals surface area contributed by atoms with Gasteiger partial charge in [-0.25, -0.2) is 33.7 Å². The number of carbonyl (C=O) groups excluding carboxylic acids is 3. The Morgan fingerprint density at radius 3 is 1.80 bits per heavy atom. The van der Waals surface area contributed by atoms with Crippen LogP contribution in [0.1, 0.15) is 141 Å². The summed E-state index contributed by atoms with van der Waals surface area (Å²) < 4.78 is 16.4. The maximum absolute atomic E-state index is 14.8. The van der Waals surface area contributed by atoms with E-state index in [1.54, 1.807) is 40.1 Å². The van der Waals surface area contributed by atoms with Gasteiger partial charge in [-0.3, -0.25) is 29.3 Å². The molecule has 24 heteroatoms. The van der Waals surface area contributed by atoms with Crippen molar-refractivity contribution in [2.45, 2.75) is 176 Å². The second kappa shape index (κ2) is 35.6. The number of pyridine rings is 4. The van der Waals surface area contributed by atoms with Crippen LogP contribution in [0.25, 0.3) is 39.4 Å². The molecule has 0 radical (unpaired) electrons. The fourth-order valence-corrected chi connectivity index (χ4v) is 17.9. The summed E-state index contributed by atoms with van der Waals surface area (Å²) in [4.78, 5) is 105. The van der Waals surface area contributed by atoms with Crippen molar-refractivity contribution in [2.75, 3.05) is 72.0 Å². The number of halogens is 3. The van der Waals surface area contributed by atoms with Crippen LogP contribution in [0, 0.1) is 19.7 Å². The van der Waals surface area contributed by atoms with Crippen molar-refractivity contribution in [1.29, 1.82) is 0 Å². The maximum Gasteiger partial charge on any atom is 0.355 e. The minimum absolute atomic E-state index is 0.00532. The van der Waals surface area contributed by atoms with E-state index in [0.717, 1.165) is 104 Å². The Morgan fingerprint density at radius 1 is 0.595 bits per heavy atom. The fourth-order valence-electron chi connectivity index (χ4n) is 17.4. The van der Waals surface area contributed by atoms with Gasteiger partial charge >= 0.3 is 5.69 Å². The first-order valence-electron chi connectivity index (χ1n) is 40.6. The van der Waals surface area contributed by atoms with Gasteiger partial charge in [0.25, 0.3) is 0 Å². The minimum atomic E-state index is -0.464. The van der Waals surface area contributed by atoms with E-state index < -0.39 is 5.69 Å². The van der Waals surface area contributed by atoms with Crippen molar-refractivity contribution in [1.82, 2.24) is 54.0 Å². The average Bonchev–Trinajstić information content (AvgIpc) is 0.752.